The van der Waals surface area contributed by atoms with Gasteiger partial charge in [0.15, 0.2) is 0 Å². The second-order valence-corrected chi connectivity index (χ2v) is 7.35. The molecule has 0 unspecified atom stereocenters. The van der Waals surface area contributed by atoms with Crippen LogP contribution in [0.15, 0.2) is 12.2 Å². The third-order valence-electron chi connectivity index (χ3n) is 5.31. The van der Waals surface area contributed by atoms with Crippen LogP contribution in [0.3, 0.4) is 0 Å². The molecule has 0 aromatic rings. The van der Waals surface area contributed by atoms with Crippen LogP contribution in [0.25, 0.3) is 0 Å². The quantitative estimate of drug-likeness (QED) is 0.622. The molecule has 2 amide bonds. The van der Waals surface area contributed by atoms with Gasteiger partial charge in [0.2, 0.25) is 11.8 Å². The Bertz CT molecular complexity index is 503. The molecule has 0 aliphatic carbocycles. The van der Waals surface area contributed by atoms with E-state index in [1.807, 2.05) is 11.0 Å². The highest BCUT2D eigenvalue weighted by Gasteiger charge is 2.37. The van der Waals surface area contributed by atoms with Crippen molar-refractivity contribution in [2.75, 3.05) is 67.1 Å². The highest BCUT2D eigenvalue weighted by molar-refractivity contribution is 5.87. The van der Waals surface area contributed by atoms with Gasteiger partial charge in [-0.05, 0) is 19.3 Å². The van der Waals surface area contributed by atoms with E-state index in [2.05, 4.69) is 4.90 Å². The van der Waals surface area contributed by atoms with Crippen molar-refractivity contribution in [2.45, 2.75) is 31.3 Å². The van der Waals surface area contributed by atoms with Crippen LogP contribution >= 0.6 is 0 Å². The largest absolute Gasteiger partial charge is 0.379 e. The normalized spacial score (nSPS) is 24.8. The summed E-state index contributed by atoms with van der Waals surface area (Å²) in [7, 11) is 5.21. The van der Waals surface area contributed by atoms with E-state index < -0.39 is 5.60 Å². The lowest BCUT2D eigenvalue weighted by atomic mass is 9.87. The second kappa shape index (κ2) is 10.0. The van der Waals surface area contributed by atoms with Gasteiger partial charge >= 0.3 is 0 Å². The maximum atomic E-state index is 12.6. The maximum absolute atomic E-state index is 12.6. The van der Waals surface area contributed by atoms with Crippen LogP contribution in [-0.2, 0) is 19.1 Å². The fourth-order valence-electron chi connectivity index (χ4n) is 3.51. The van der Waals surface area contributed by atoms with Crippen LogP contribution in [0.1, 0.15) is 25.7 Å². The van der Waals surface area contributed by atoms with Crippen LogP contribution < -0.4 is 0 Å². The fourth-order valence-corrected chi connectivity index (χ4v) is 3.51. The average Bonchev–Trinajstić information content (AvgIpc) is 2.67. The molecule has 0 radical (unpaired) electrons. The van der Waals surface area contributed by atoms with Crippen molar-refractivity contribution in [3.63, 3.8) is 0 Å². The average molecular weight is 367 g/mol. The number of carbonyl (C=O) groups excluding carboxylic acids is 2. The SMILES string of the molecule is CO[C@]1(CCC(=O)N(C)C)CCCN(C(=O)/C=C/CN2CCOCC2)C1. The van der Waals surface area contributed by atoms with Gasteiger partial charge in [0.25, 0.3) is 0 Å². The number of amides is 2. The molecule has 26 heavy (non-hydrogen) atoms. The maximum Gasteiger partial charge on any atom is 0.246 e. The van der Waals surface area contributed by atoms with Crippen molar-refractivity contribution in [1.29, 1.82) is 0 Å². The van der Waals surface area contributed by atoms with Crippen molar-refractivity contribution < 1.29 is 19.1 Å². The van der Waals surface area contributed by atoms with Gasteiger partial charge in [-0.15, -0.1) is 0 Å². The number of piperidine rings is 1. The van der Waals surface area contributed by atoms with E-state index in [1.165, 1.54) is 0 Å². The lowest BCUT2D eigenvalue weighted by Crippen LogP contribution is -2.51. The van der Waals surface area contributed by atoms with Crippen molar-refractivity contribution in [1.82, 2.24) is 14.7 Å². The third kappa shape index (κ3) is 6.07. The Morgan fingerprint density at radius 2 is 1.96 bits per heavy atom. The van der Waals surface area contributed by atoms with Crippen LogP contribution in [-0.4, -0.2) is 99.3 Å². The lowest BCUT2D eigenvalue weighted by molar-refractivity contribution is -0.138. The minimum Gasteiger partial charge on any atom is -0.379 e. The van der Waals surface area contributed by atoms with Gasteiger partial charge < -0.3 is 19.3 Å². The highest BCUT2D eigenvalue weighted by Crippen LogP contribution is 2.29. The minimum atomic E-state index is -0.419. The summed E-state index contributed by atoms with van der Waals surface area (Å²) in [5, 5.41) is 0. The first kappa shape index (κ1) is 20.9. The number of morpholine rings is 1. The third-order valence-corrected chi connectivity index (χ3v) is 5.31. The molecule has 7 nitrogen and oxygen atoms in total. The summed E-state index contributed by atoms with van der Waals surface area (Å²) in [5.41, 5.74) is -0.419. The standard InChI is InChI=1S/C19H33N3O4/c1-20(2)17(23)7-9-19(25-3)8-5-11-22(16-19)18(24)6-4-10-21-12-14-26-15-13-21/h4,6H,5,7-16H2,1-3H3/b6-4+/t19-/m0/s1. The molecule has 2 aliphatic heterocycles. The van der Waals surface area contributed by atoms with Gasteiger partial charge in [-0.1, -0.05) is 6.08 Å². The van der Waals surface area contributed by atoms with Crippen molar-refractivity contribution in [3.8, 4) is 0 Å². The van der Waals surface area contributed by atoms with E-state index >= 15 is 0 Å². The Labute approximate surface area is 156 Å². The summed E-state index contributed by atoms with van der Waals surface area (Å²) in [6.07, 6.45) is 6.47. The summed E-state index contributed by atoms with van der Waals surface area (Å²) in [6.45, 7) is 5.41. The molecule has 2 rings (SSSR count). The van der Waals surface area contributed by atoms with E-state index in [9.17, 15) is 9.59 Å². The molecule has 7 heteroatoms. The topological polar surface area (TPSA) is 62.3 Å². The molecule has 2 saturated heterocycles. The summed E-state index contributed by atoms with van der Waals surface area (Å²) in [4.78, 5) is 30.2. The Morgan fingerprint density at radius 3 is 2.62 bits per heavy atom. The van der Waals surface area contributed by atoms with E-state index in [0.717, 1.165) is 52.2 Å². The number of methoxy groups -OCH3 is 1. The van der Waals surface area contributed by atoms with Crippen LogP contribution in [0, 0.1) is 0 Å². The first-order chi connectivity index (χ1) is 12.5. The zero-order valence-corrected chi connectivity index (χ0v) is 16.4. The first-order valence-corrected chi connectivity index (χ1v) is 9.47. The molecule has 0 bridgehead atoms. The monoisotopic (exact) mass is 367 g/mol. The molecule has 1 atom stereocenters. The number of hydrogen-bond acceptors (Lipinski definition) is 5. The van der Waals surface area contributed by atoms with Gasteiger partial charge in [0, 0.05) is 66.4 Å². The van der Waals surface area contributed by atoms with Crippen LogP contribution in [0.4, 0.5) is 0 Å². The Hall–Kier alpha value is -1.44. The van der Waals surface area contributed by atoms with Gasteiger partial charge in [0.1, 0.15) is 0 Å². The molecule has 2 fully saturated rings. The lowest BCUT2D eigenvalue weighted by Gasteiger charge is -2.41. The smallest absolute Gasteiger partial charge is 0.246 e. The molecule has 0 saturated carbocycles. The minimum absolute atomic E-state index is 0.0262. The van der Waals surface area contributed by atoms with E-state index in [-0.39, 0.29) is 11.8 Å². The molecule has 148 valence electrons. The number of likely N-dealkylation sites (tertiary alicyclic amines) is 1. The van der Waals surface area contributed by atoms with Crippen LogP contribution in [0.5, 0.6) is 0 Å². The van der Waals surface area contributed by atoms with Crippen molar-refractivity contribution in [3.05, 3.63) is 12.2 Å². The van der Waals surface area contributed by atoms with Crippen LogP contribution in [0.2, 0.25) is 0 Å². The molecule has 0 aromatic carbocycles. The van der Waals surface area contributed by atoms with Gasteiger partial charge in [-0.25, -0.2) is 0 Å². The van der Waals surface area contributed by atoms with E-state index in [0.29, 0.717) is 19.4 Å². The van der Waals surface area contributed by atoms with Gasteiger partial charge in [0.05, 0.1) is 18.8 Å². The molecule has 0 aromatic heterocycles. The molecule has 2 heterocycles. The highest BCUT2D eigenvalue weighted by atomic mass is 16.5. The summed E-state index contributed by atoms with van der Waals surface area (Å²) in [5.74, 6) is 0.119. The second-order valence-electron chi connectivity index (χ2n) is 7.35. The summed E-state index contributed by atoms with van der Waals surface area (Å²) >= 11 is 0. The Morgan fingerprint density at radius 1 is 1.23 bits per heavy atom. The van der Waals surface area contributed by atoms with E-state index in [4.69, 9.17) is 9.47 Å². The molecular formula is C19H33N3O4. The molecule has 2 aliphatic rings. The summed E-state index contributed by atoms with van der Waals surface area (Å²) < 4.78 is 11.1. The van der Waals surface area contributed by atoms with Gasteiger partial charge in [-0.2, -0.15) is 0 Å². The Kier molecular flexibility index (Phi) is 8.06. The fraction of sp³-hybridized carbons (Fsp3) is 0.789. The predicted octanol–water partition coefficient (Wildman–Crippen LogP) is 0.751. The first-order valence-electron chi connectivity index (χ1n) is 9.47. The number of hydrogen-bond donors (Lipinski definition) is 0. The molecule has 0 N–H and O–H groups in total. The molecule has 0 spiro atoms. The zero-order chi connectivity index (χ0) is 19.0. The van der Waals surface area contributed by atoms with E-state index in [1.54, 1.807) is 32.2 Å². The zero-order valence-electron chi connectivity index (χ0n) is 16.4. The number of rotatable bonds is 7. The Balaban J connectivity index is 1.86. The summed E-state index contributed by atoms with van der Waals surface area (Å²) in [6, 6.07) is 0. The predicted molar refractivity (Wildman–Crippen MR) is 99.9 cm³/mol. The van der Waals surface area contributed by atoms with Crippen molar-refractivity contribution >= 4 is 11.8 Å². The van der Waals surface area contributed by atoms with Crippen molar-refractivity contribution in [2.24, 2.45) is 0 Å². The number of ether oxygens (including phenoxy) is 2. The van der Waals surface area contributed by atoms with Gasteiger partial charge in [-0.3, -0.25) is 14.5 Å². The molecular weight excluding hydrogens is 334 g/mol. The number of nitrogens with zero attached hydrogens (tertiary/aromatic N) is 3. The number of carbonyl (C=O) groups is 2.